The number of fused-ring (bicyclic) bond motifs is 1. The highest BCUT2D eigenvalue weighted by Gasteiger charge is 2.53. The SMILES string of the molecule is CCCNc1ccc(/C=C(\C)C(=O)N[C@@H]2[C@H](O)[C@@H](O)[C@H]3OCO[C@H]3[C@@H]2O)cc1O. The zero-order valence-electron chi connectivity index (χ0n) is 16.4. The molecule has 3 rings (SSSR count). The van der Waals surface area contributed by atoms with Crippen molar-refractivity contribution in [3.05, 3.63) is 29.3 Å². The summed E-state index contributed by atoms with van der Waals surface area (Å²) < 4.78 is 10.5. The number of aliphatic hydroxyl groups excluding tert-OH is 3. The Balaban J connectivity index is 1.69. The van der Waals surface area contributed by atoms with Gasteiger partial charge in [-0.05, 0) is 37.1 Å². The van der Waals surface area contributed by atoms with Crippen molar-refractivity contribution in [2.75, 3.05) is 18.7 Å². The van der Waals surface area contributed by atoms with E-state index in [4.69, 9.17) is 9.47 Å². The van der Waals surface area contributed by atoms with E-state index in [1.165, 1.54) is 6.07 Å². The Morgan fingerprint density at radius 3 is 2.52 bits per heavy atom. The Hall–Kier alpha value is -2.17. The summed E-state index contributed by atoms with van der Waals surface area (Å²) in [5, 5.41) is 46.7. The van der Waals surface area contributed by atoms with Crippen molar-refractivity contribution in [1.29, 1.82) is 0 Å². The molecule has 0 spiro atoms. The van der Waals surface area contributed by atoms with Gasteiger partial charge in [-0.25, -0.2) is 0 Å². The molecule has 1 amide bonds. The number of carbonyl (C=O) groups is 1. The predicted octanol–water partition coefficient (Wildman–Crippen LogP) is -0.0600. The molecule has 6 N–H and O–H groups in total. The minimum absolute atomic E-state index is 0.0751. The fourth-order valence-corrected chi connectivity index (χ4v) is 3.58. The quantitative estimate of drug-likeness (QED) is 0.284. The van der Waals surface area contributed by atoms with E-state index in [2.05, 4.69) is 10.6 Å². The molecule has 9 nitrogen and oxygen atoms in total. The van der Waals surface area contributed by atoms with Gasteiger partial charge in [-0.1, -0.05) is 13.0 Å². The largest absolute Gasteiger partial charge is 0.506 e. The van der Waals surface area contributed by atoms with E-state index in [0.717, 1.165) is 13.0 Å². The molecule has 29 heavy (non-hydrogen) atoms. The average molecular weight is 408 g/mol. The highest BCUT2D eigenvalue weighted by Crippen LogP contribution is 2.30. The number of carbonyl (C=O) groups excluding carboxylic acids is 1. The van der Waals surface area contributed by atoms with Gasteiger partial charge in [-0.15, -0.1) is 0 Å². The maximum atomic E-state index is 12.6. The number of rotatable bonds is 6. The second-order valence-electron chi connectivity index (χ2n) is 7.38. The molecule has 0 aromatic heterocycles. The standard InChI is InChI=1S/C20H28N2O7/c1-3-6-21-12-5-4-11(8-13(12)23)7-10(2)20(27)22-14-15(24)17(26)19-18(16(14)25)28-9-29-19/h4-5,7-8,14-19,21,23-26H,3,6,9H2,1-2H3,(H,22,27)/b10-7+/t14-,15+,16-,17-,18+,19-/m1/s1. The molecule has 1 saturated heterocycles. The molecule has 2 aliphatic rings. The predicted molar refractivity (Wildman–Crippen MR) is 105 cm³/mol. The summed E-state index contributed by atoms with van der Waals surface area (Å²) in [5.74, 6) is -0.448. The smallest absolute Gasteiger partial charge is 0.247 e. The second kappa shape index (κ2) is 9.10. The maximum absolute atomic E-state index is 12.6. The number of aromatic hydroxyl groups is 1. The number of ether oxygens (including phenoxy) is 2. The molecule has 1 aliphatic heterocycles. The van der Waals surface area contributed by atoms with E-state index in [-0.39, 0.29) is 12.5 Å². The number of phenols is 1. The summed E-state index contributed by atoms with van der Waals surface area (Å²) in [6.45, 7) is 4.24. The Bertz CT molecular complexity index is 769. The van der Waals surface area contributed by atoms with Crippen LogP contribution in [0.5, 0.6) is 5.75 Å². The van der Waals surface area contributed by atoms with Gasteiger partial charge >= 0.3 is 0 Å². The van der Waals surface area contributed by atoms with E-state index in [0.29, 0.717) is 16.8 Å². The summed E-state index contributed by atoms with van der Waals surface area (Å²) >= 11 is 0. The van der Waals surface area contributed by atoms with Gasteiger partial charge in [-0.2, -0.15) is 0 Å². The third kappa shape index (κ3) is 4.54. The fourth-order valence-electron chi connectivity index (χ4n) is 3.58. The fraction of sp³-hybridized carbons (Fsp3) is 0.550. The molecular weight excluding hydrogens is 380 g/mol. The van der Waals surface area contributed by atoms with Crippen LogP contribution in [-0.4, -0.2) is 76.2 Å². The van der Waals surface area contributed by atoms with Gasteiger partial charge in [0.15, 0.2) is 0 Å². The lowest BCUT2D eigenvalue weighted by Crippen LogP contribution is -2.67. The molecule has 2 fully saturated rings. The van der Waals surface area contributed by atoms with Crippen LogP contribution in [0.15, 0.2) is 23.8 Å². The summed E-state index contributed by atoms with van der Waals surface area (Å²) in [5.41, 5.74) is 1.54. The molecule has 0 bridgehead atoms. The van der Waals surface area contributed by atoms with Crippen molar-refractivity contribution in [2.24, 2.45) is 0 Å². The lowest BCUT2D eigenvalue weighted by Gasteiger charge is -2.41. The van der Waals surface area contributed by atoms with Crippen LogP contribution >= 0.6 is 0 Å². The molecule has 1 heterocycles. The van der Waals surface area contributed by atoms with Crippen molar-refractivity contribution in [1.82, 2.24) is 5.32 Å². The van der Waals surface area contributed by atoms with Crippen LogP contribution in [0.3, 0.4) is 0 Å². The summed E-state index contributed by atoms with van der Waals surface area (Å²) in [6.07, 6.45) is -3.10. The van der Waals surface area contributed by atoms with Crippen LogP contribution in [0.2, 0.25) is 0 Å². The van der Waals surface area contributed by atoms with E-state index < -0.39 is 42.5 Å². The summed E-state index contributed by atoms with van der Waals surface area (Å²) in [4.78, 5) is 12.6. The van der Waals surface area contributed by atoms with Crippen molar-refractivity contribution < 1.29 is 34.7 Å². The van der Waals surface area contributed by atoms with E-state index in [1.807, 2.05) is 6.92 Å². The Kier molecular flexibility index (Phi) is 6.76. The first-order valence-electron chi connectivity index (χ1n) is 9.67. The van der Waals surface area contributed by atoms with Crippen LogP contribution in [-0.2, 0) is 14.3 Å². The van der Waals surface area contributed by atoms with Crippen molar-refractivity contribution >= 4 is 17.7 Å². The highest BCUT2D eigenvalue weighted by molar-refractivity contribution is 5.97. The lowest BCUT2D eigenvalue weighted by atomic mass is 9.83. The van der Waals surface area contributed by atoms with Gasteiger partial charge in [0.25, 0.3) is 0 Å². The molecule has 1 aromatic carbocycles. The van der Waals surface area contributed by atoms with Crippen LogP contribution < -0.4 is 10.6 Å². The third-order valence-electron chi connectivity index (χ3n) is 5.23. The van der Waals surface area contributed by atoms with Crippen LogP contribution in [0.25, 0.3) is 6.08 Å². The van der Waals surface area contributed by atoms with E-state index >= 15 is 0 Å². The van der Waals surface area contributed by atoms with Crippen LogP contribution in [0.1, 0.15) is 25.8 Å². The van der Waals surface area contributed by atoms with Gasteiger partial charge < -0.3 is 40.5 Å². The van der Waals surface area contributed by atoms with Crippen molar-refractivity contribution in [3.8, 4) is 5.75 Å². The van der Waals surface area contributed by atoms with Gasteiger partial charge in [0.1, 0.15) is 43.1 Å². The number of anilines is 1. The Labute approximate surface area is 169 Å². The molecule has 0 radical (unpaired) electrons. The molecule has 1 aliphatic carbocycles. The monoisotopic (exact) mass is 408 g/mol. The van der Waals surface area contributed by atoms with Crippen molar-refractivity contribution in [2.45, 2.75) is 56.8 Å². The van der Waals surface area contributed by atoms with Gasteiger partial charge in [0.05, 0.1) is 11.7 Å². The van der Waals surface area contributed by atoms with Crippen molar-refractivity contribution in [3.63, 3.8) is 0 Å². The van der Waals surface area contributed by atoms with Crippen LogP contribution in [0, 0.1) is 0 Å². The van der Waals surface area contributed by atoms with Gasteiger partial charge in [0, 0.05) is 12.1 Å². The topological polar surface area (TPSA) is 141 Å². The number of amides is 1. The third-order valence-corrected chi connectivity index (χ3v) is 5.23. The molecule has 1 saturated carbocycles. The first kappa shape index (κ1) is 21.5. The van der Waals surface area contributed by atoms with Gasteiger partial charge in [0.2, 0.25) is 5.91 Å². The number of phenolic OH excluding ortho intramolecular Hbond substituents is 1. The number of benzene rings is 1. The van der Waals surface area contributed by atoms with E-state index in [1.54, 1.807) is 25.1 Å². The second-order valence-corrected chi connectivity index (χ2v) is 7.38. The molecule has 1 aromatic rings. The first-order valence-corrected chi connectivity index (χ1v) is 9.67. The number of nitrogens with one attached hydrogen (secondary N) is 2. The molecular formula is C20H28N2O7. The maximum Gasteiger partial charge on any atom is 0.247 e. The zero-order valence-corrected chi connectivity index (χ0v) is 16.4. The van der Waals surface area contributed by atoms with E-state index in [9.17, 15) is 25.2 Å². The summed E-state index contributed by atoms with van der Waals surface area (Å²) in [7, 11) is 0. The minimum Gasteiger partial charge on any atom is -0.506 e. The molecule has 9 heteroatoms. The average Bonchev–Trinajstić information content (AvgIpc) is 3.19. The minimum atomic E-state index is -1.40. The molecule has 0 unspecified atom stereocenters. The Morgan fingerprint density at radius 1 is 1.17 bits per heavy atom. The first-order chi connectivity index (χ1) is 13.8. The normalized spacial score (nSPS) is 32.0. The zero-order chi connectivity index (χ0) is 21.1. The Morgan fingerprint density at radius 2 is 1.86 bits per heavy atom. The summed E-state index contributed by atoms with van der Waals surface area (Å²) in [6, 6.07) is 3.91. The lowest BCUT2D eigenvalue weighted by molar-refractivity contribution is -0.155. The molecule has 160 valence electrons. The molecule has 6 atom stereocenters. The highest BCUT2D eigenvalue weighted by atomic mass is 16.7. The van der Waals surface area contributed by atoms with Crippen LogP contribution in [0.4, 0.5) is 5.69 Å². The number of hydrogen-bond acceptors (Lipinski definition) is 8. The van der Waals surface area contributed by atoms with Gasteiger partial charge in [-0.3, -0.25) is 4.79 Å². The number of aliphatic hydroxyl groups is 3. The number of hydrogen-bond donors (Lipinski definition) is 6.